The molecule has 6 aromatic rings. The van der Waals surface area contributed by atoms with Gasteiger partial charge in [-0.15, -0.1) is 0 Å². The summed E-state index contributed by atoms with van der Waals surface area (Å²) in [5.41, 5.74) is 13.2. The summed E-state index contributed by atoms with van der Waals surface area (Å²) < 4.78 is 15.6. The molecule has 248 valence electrons. The van der Waals surface area contributed by atoms with Crippen molar-refractivity contribution in [2.75, 3.05) is 0 Å². The smallest absolute Gasteiger partial charge is 0.0349 e. The van der Waals surface area contributed by atoms with Crippen LogP contribution >= 0.6 is 271 Å². The van der Waals surface area contributed by atoms with Gasteiger partial charge in [0.05, 0.1) is 0 Å². The minimum absolute atomic E-state index is 0.903. The summed E-state index contributed by atoms with van der Waals surface area (Å²) in [4.78, 5) is 0. The van der Waals surface area contributed by atoms with Crippen LogP contribution in [-0.2, 0) is 6.42 Å². The summed E-state index contributed by atoms with van der Waals surface area (Å²) in [6.07, 6.45) is 0.903. The molecule has 6 aromatic carbocycles. The number of rotatable bonds is 6. The fraction of sp³-hybridized carbons (Fsp3) is 0.0270. The van der Waals surface area contributed by atoms with Gasteiger partial charge in [0.15, 0.2) is 0 Å². The minimum atomic E-state index is 0.903. The molecule has 0 aliphatic carbocycles. The van der Waals surface area contributed by atoms with Crippen LogP contribution in [0.4, 0.5) is 0 Å². The van der Waals surface area contributed by atoms with Gasteiger partial charge in [0, 0.05) is 54.0 Å². The zero-order valence-electron chi connectivity index (χ0n) is 24.3. The molecule has 0 unspecified atom stereocenters. The van der Waals surface area contributed by atoms with E-state index in [0.717, 1.165) is 6.42 Å². The molecule has 0 bridgehead atoms. The lowest BCUT2D eigenvalue weighted by Crippen LogP contribution is -2.02. The van der Waals surface area contributed by atoms with Crippen molar-refractivity contribution in [1.82, 2.24) is 0 Å². The van der Waals surface area contributed by atoms with Crippen molar-refractivity contribution >= 4 is 271 Å². The van der Waals surface area contributed by atoms with Crippen molar-refractivity contribution in [2.45, 2.75) is 6.42 Å². The van der Waals surface area contributed by atoms with E-state index in [-0.39, 0.29) is 0 Å². The molecule has 0 fully saturated rings. The van der Waals surface area contributed by atoms with E-state index in [0.29, 0.717) is 0 Å². The van der Waals surface area contributed by atoms with Crippen LogP contribution in [0.25, 0.3) is 44.5 Å². The fourth-order valence-electron chi connectivity index (χ4n) is 5.48. The van der Waals surface area contributed by atoms with Gasteiger partial charge in [-0.2, -0.15) is 0 Å². The monoisotopic (exact) mass is 1980 g/mol. The topological polar surface area (TPSA) is 0 Å². The third-order valence-electron chi connectivity index (χ3n) is 7.91. The molecular weight excluding hydrogens is 1970 g/mol. The van der Waals surface area contributed by atoms with E-state index in [1.807, 2.05) is 0 Å². The van der Waals surface area contributed by atoms with Crippen LogP contribution in [0.3, 0.4) is 0 Å². The van der Waals surface area contributed by atoms with Gasteiger partial charge in [-0.1, -0.05) is 60.7 Å². The second kappa shape index (κ2) is 18.8. The van der Waals surface area contributed by atoms with E-state index in [9.17, 15) is 0 Å². The van der Waals surface area contributed by atoms with E-state index in [2.05, 4.69) is 356 Å². The molecule has 12 heteroatoms. The highest BCUT2D eigenvalue weighted by molar-refractivity contribution is 14.1. The maximum atomic E-state index is 2.56. The lowest BCUT2D eigenvalue weighted by Gasteiger charge is -2.18. The van der Waals surface area contributed by atoms with Crippen molar-refractivity contribution in [3.05, 3.63) is 139 Å². The third kappa shape index (κ3) is 9.06. The summed E-state index contributed by atoms with van der Waals surface area (Å²) in [6.45, 7) is 0. The van der Waals surface area contributed by atoms with Crippen LogP contribution in [0, 0.1) is 42.8 Å². The first-order valence-electron chi connectivity index (χ1n) is 14.1. The zero-order valence-corrected chi connectivity index (χ0v) is 50.2. The molecule has 0 atom stereocenters. The molecule has 6 rings (SSSR count). The Morgan fingerprint density at radius 3 is 0.837 bits per heavy atom. The number of benzene rings is 6. The molecule has 0 heterocycles. The Hall–Kier alpha value is 4.08. The minimum Gasteiger partial charge on any atom is -0.0601 e. The number of hydrogen-bond donors (Lipinski definition) is 0. The van der Waals surface area contributed by atoms with Crippen molar-refractivity contribution in [3.8, 4) is 44.5 Å². The molecule has 0 aromatic heterocycles. The summed E-state index contributed by atoms with van der Waals surface area (Å²) in [5.74, 6) is 0. The Bertz CT molecular complexity index is 2090. The summed E-state index contributed by atoms with van der Waals surface area (Å²) in [6, 6.07) is 31.6. The first-order chi connectivity index (χ1) is 23.3. The quantitative estimate of drug-likeness (QED) is 0.146. The maximum Gasteiger partial charge on any atom is 0.0349 e. The van der Waals surface area contributed by atoms with Gasteiger partial charge in [0.25, 0.3) is 0 Å². The van der Waals surface area contributed by atoms with Crippen LogP contribution in [-0.4, -0.2) is 0 Å². The fourth-order valence-corrected chi connectivity index (χ4v) is 15.6. The standard InChI is InChI=1S/C37H16I12/c38-24-3-1-4-25(39)28(24)22-13-11-20(34(46)36(22)48)18-9-7-16(30(42)32(18)44)15-17-8-10-19(33(45)31(17)43)21-12-14-23(37(49)35(21)47)29-26(40)5-2-6-27(29)41/h1-14H,15H2. The predicted molar refractivity (Wildman–Crippen MR) is 310 cm³/mol. The van der Waals surface area contributed by atoms with Crippen molar-refractivity contribution in [3.63, 3.8) is 0 Å². The van der Waals surface area contributed by atoms with Crippen molar-refractivity contribution in [1.29, 1.82) is 0 Å². The van der Waals surface area contributed by atoms with Gasteiger partial charge in [-0.3, -0.25) is 0 Å². The van der Waals surface area contributed by atoms with Crippen LogP contribution in [0.15, 0.2) is 84.9 Å². The average Bonchev–Trinajstić information content (AvgIpc) is 3.06. The van der Waals surface area contributed by atoms with Gasteiger partial charge < -0.3 is 0 Å². The Balaban J connectivity index is 1.32. The van der Waals surface area contributed by atoms with Crippen LogP contribution in [0.2, 0.25) is 0 Å². The van der Waals surface area contributed by atoms with Gasteiger partial charge >= 0.3 is 0 Å². The zero-order chi connectivity index (χ0) is 35.3. The SMILES string of the molecule is Ic1cccc(I)c1-c1ccc(-c2ccc(Cc3ccc(-c4ccc(-c5c(I)cccc5I)c(I)c4I)c(I)c3I)c(I)c2I)c(I)c1I. The van der Waals surface area contributed by atoms with E-state index in [1.54, 1.807) is 0 Å². The summed E-state index contributed by atoms with van der Waals surface area (Å²) in [5, 5.41) is 0. The lowest BCUT2D eigenvalue weighted by molar-refractivity contribution is 1.15. The van der Waals surface area contributed by atoms with Crippen molar-refractivity contribution < 1.29 is 0 Å². The highest BCUT2D eigenvalue weighted by atomic mass is 127. The van der Waals surface area contributed by atoms with Crippen LogP contribution in [0.5, 0.6) is 0 Å². The van der Waals surface area contributed by atoms with Gasteiger partial charge in [0.1, 0.15) is 0 Å². The van der Waals surface area contributed by atoms with E-state index >= 15 is 0 Å². The second-order valence-corrected chi connectivity index (χ2v) is 24.0. The first-order valence-corrected chi connectivity index (χ1v) is 27.1. The molecule has 49 heavy (non-hydrogen) atoms. The Morgan fingerprint density at radius 1 is 0.265 bits per heavy atom. The van der Waals surface area contributed by atoms with Gasteiger partial charge in [0.2, 0.25) is 0 Å². The first kappa shape index (κ1) is 42.7. The largest absolute Gasteiger partial charge is 0.0601 e. The van der Waals surface area contributed by atoms with E-state index < -0.39 is 0 Å². The second-order valence-electron chi connectivity index (χ2n) is 10.7. The molecule has 0 radical (unpaired) electrons. The van der Waals surface area contributed by atoms with Crippen LogP contribution in [0.1, 0.15) is 11.1 Å². The third-order valence-corrected chi connectivity index (χ3v) is 24.8. The molecule has 0 saturated carbocycles. The normalized spacial score (nSPS) is 11.3. The Kier molecular flexibility index (Phi) is 16.4. The van der Waals surface area contributed by atoms with E-state index in [1.165, 1.54) is 98.5 Å². The molecule has 0 aliphatic heterocycles. The highest BCUT2D eigenvalue weighted by Crippen LogP contribution is 2.43. The molecule has 0 saturated heterocycles. The highest BCUT2D eigenvalue weighted by Gasteiger charge is 2.21. The number of halogens is 12. The Labute approximate surface area is 450 Å². The Morgan fingerprint density at radius 2 is 0.510 bits per heavy atom. The summed E-state index contributed by atoms with van der Waals surface area (Å²) in [7, 11) is 0. The molecule has 0 aliphatic rings. The average molecular weight is 1980 g/mol. The molecule has 0 N–H and O–H groups in total. The molecule has 0 amide bonds. The van der Waals surface area contributed by atoms with E-state index in [4.69, 9.17) is 0 Å². The number of hydrogen-bond acceptors (Lipinski definition) is 0. The van der Waals surface area contributed by atoms with Gasteiger partial charge in [-0.05, 0) is 346 Å². The molecule has 0 spiro atoms. The predicted octanol–water partition coefficient (Wildman–Crippen LogP) is 17.2. The van der Waals surface area contributed by atoms with Crippen molar-refractivity contribution in [2.24, 2.45) is 0 Å². The molecule has 0 nitrogen and oxygen atoms in total. The van der Waals surface area contributed by atoms with Gasteiger partial charge in [-0.25, -0.2) is 0 Å². The lowest BCUT2D eigenvalue weighted by atomic mass is 9.96. The summed E-state index contributed by atoms with van der Waals surface area (Å²) >= 11 is 30.3. The molecular formula is C37H16I12. The maximum absolute atomic E-state index is 2.56. The van der Waals surface area contributed by atoms with Crippen LogP contribution < -0.4 is 0 Å².